The van der Waals surface area contributed by atoms with Gasteiger partial charge in [0.25, 0.3) is 0 Å². The Bertz CT molecular complexity index is 1130. The molecule has 7 unspecified atom stereocenters. The first kappa shape index (κ1) is 62.4. The standard InChI is InChI=1S/C57H107NO8/c1-3-5-7-9-11-13-15-17-18-19-20-21-22-23-24-25-26-27-28-29-30-31-32-33-35-36-38-40-42-44-46-51(60)50(49-65-57-56(64)55(63)54(62)52(48-59)66-57)58-53(61)47-45-43-41-39-37-34-16-14-12-10-8-6-4-2/h31-32,36,38,44,46,50-52,54-57,59-60,62-64H,3-30,33-35,37,39-43,45,47-49H2,1-2H3,(H,58,61)/b32-31+,38-36+,46-44+. The Morgan fingerprint density at radius 3 is 1.27 bits per heavy atom. The van der Waals surface area contributed by atoms with Crippen molar-refractivity contribution in [1.82, 2.24) is 5.32 Å². The van der Waals surface area contributed by atoms with Crippen molar-refractivity contribution < 1.29 is 39.8 Å². The van der Waals surface area contributed by atoms with Crippen LogP contribution in [0.3, 0.4) is 0 Å². The number of nitrogens with one attached hydrogen (secondary N) is 1. The van der Waals surface area contributed by atoms with E-state index in [0.717, 1.165) is 44.9 Å². The van der Waals surface area contributed by atoms with Crippen LogP contribution in [0.25, 0.3) is 0 Å². The van der Waals surface area contributed by atoms with Gasteiger partial charge in [-0.05, 0) is 44.9 Å². The molecule has 0 aromatic heterocycles. The summed E-state index contributed by atoms with van der Waals surface area (Å²) in [5, 5.41) is 54.3. The SMILES string of the molecule is CCCCCCCCCCCCCCCCCCCCCC/C=C/CC/C=C/CC/C=C/C(O)C(COC1OC(CO)C(O)C(O)C1O)NC(=O)CCCCCCCCCCCCCCC. The maximum Gasteiger partial charge on any atom is 0.220 e. The summed E-state index contributed by atoms with van der Waals surface area (Å²) in [6.45, 7) is 3.77. The second-order valence-corrected chi connectivity index (χ2v) is 19.7. The smallest absolute Gasteiger partial charge is 0.220 e. The molecule has 0 radical (unpaired) electrons. The predicted molar refractivity (Wildman–Crippen MR) is 276 cm³/mol. The summed E-state index contributed by atoms with van der Waals surface area (Å²) in [5.41, 5.74) is 0. The van der Waals surface area contributed by atoms with Gasteiger partial charge in [-0.25, -0.2) is 0 Å². The Labute approximate surface area is 406 Å². The van der Waals surface area contributed by atoms with Crippen LogP contribution in [0.1, 0.15) is 264 Å². The van der Waals surface area contributed by atoms with Crippen molar-refractivity contribution in [2.45, 2.75) is 307 Å². The third kappa shape index (κ3) is 36.4. The highest BCUT2D eigenvalue weighted by molar-refractivity contribution is 5.76. The van der Waals surface area contributed by atoms with Gasteiger partial charge in [-0.2, -0.15) is 0 Å². The van der Waals surface area contributed by atoms with Crippen LogP contribution in [-0.4, -0.2) is 87.5 Å². The number of allylic oxidation sites excluding steroid dienone is 5. The van der Waals surface area contributed by atoms with Crippen LogP contribution in [0.15, 0.2) is 36.5 Å². The van der Waals surface area contributed by atoms with Crippen LogP contribution in [0.4, 0.5) is 0 Å². The van der Waals surface area contributed by atoms with E-state index in [4.69, 9.17) is 9.47 Å². The molecule has 6 N–H and O–H groups in total. The number of aliphatic hydroxyl groups is 5. The molecule has 0 bridgehead atoms. The fourth-order valence-electron chi connectivity index (χ4n) is 8.96. The number of rotatable bonds is 48. The number of carbonyl (C=O) groups excluding carboxylic acids is 1. The molecule has 0 aromatic rings. The summed E-state index contributed by atoms with van der Waals surface area (Å²) in [4.78, 5) is 13.0. The van der Waals surface area contributed by atoms with E-state index in [1.807, 2.05) is 6.08 Å². The maximum atomic E-state index is 13.0. The first-order valence-electron chi connectivity index (χ1n) is 28.2. The van der Waals surface area contributed by atoms with Gasteiger partial charge in [-0.1, -0.05) is 249 Å². The fraction of sp³-hybridized carbons (Fsp3) is 0.877. The van der Waals surface area contributed by atoms with Gasteiger partial charge in [-0.3, -0.25) is 4.79 Å². The summed E-state index contributed by atoms with van der Waals surface area (Å²) >= 11 is 0. The highest BCUT2D eigenvalue weighted by Crippen LogP contribution is 2.23. The van der Waals surface area contributed by atoms with E-state index in [1.54, 1.807) is 6.08 Å². The van der Waals surface area contributed by atoms with Gasteiger partial charge in [0.05, 0.1) is 25.4 Å². The number of unbranched alkanes of at least 4 members (excludes halogenated alkanes) is 34. The molecule has 7 atom stereocenters. The average Bonchev–Trinajstić information content (AvgIpc) is 3.32. The van der Waals surface area contributed by atoms with E-state index in [-0.39, 0.29) is 12.5 Å². The van der Waals surface area contributed by atoms with E-state index in [2.05, 4.69) is 43.5 Å². The van der Waals surface area contributed by atoms with Crippen LogP contribution in [0.2, 0.25) is 0 Å². The Morgan fingerprint density at radius 2 is 0.864 bits per heavy atom. The molecule has 1 aliphatic rings. The van der Waals surface area contributed by atoms with E-state index >= 15 is 0 Å². The van der Waals surface area contributed by atoms with Crippen LogP contribution >= 0.6 is 0 Å². The lowest BCUT2D eigenvalue weighted by atomic mass is 9.99. The molecule has 1 aliphatic heterocycles. The molecular weight excluding hydrogens is 827 g/mol. The lowest BCUT2D eigenvalue weighted by molar-refractivity contribution is -0.302. The van der Waals surface area contributed by atoms with Gasteiger partial charge < -0.3 is 40.3 Å². The Kier molecular flexibility index (Phi) is 44.6. The Balaban J connectivity index is 2.22. The lowest BCUT2D eigenvalue weighted by Crippen LogP contribution is -2.60. The highest BCUT2D eigenvalue weighted by Gasteiger charge is 2.44. The van der Waals surface area contributed by atoms with Crippen LogP contribution in [-0.2, 0) is 14.3 Å². The first-order valence-corrected chi connectivity index (χ1v) is 28.2. The van der Waals surface area contributed by atoms with Gasteiger partial charge in [-0.15, -0.1) is 0 Å². The van der Waals surface area contributed by atoms with Crippen LogP contribution in [0.5, 0.6) is 0 Å². The maximum absolute atomic E-state index is 13.0. The van der Waals surface area contributed by atoms with Crippen LogP contribution in [0, 0.1) is 0 Å². The van der Waals surface area contributed by atoms with Crippen molar-refractivity contribution in [3.8, 4) is 0 Å². The summed E-state index contributed by atoms with van der Waals surface area (Å²) in [5.74, 6) is -0.189. The van der Waals surface area contributed by atoms with E-state index < -0.39 is 49.5 Å². The normalized spacial score (nSPS) is 20.0. The molecule has 388 valence electrons. The van der Waals surface area contributed by atoms with Crippen LogP contribution < -0.4 is 5.32 Å². The lowest BCUT2D eigenvalue weighted by Gasteiger charge is -2.40. The highest BCUT2D eigenvalue weighted by atomic mass is 16.7. The van der Waals surface area contributed by atoms with Gasteiger partial charge >= 0.3 is 0 Å². The monoisotopic (exact) mass is 934 g/mol. The zero-order chi connectivity index (χ0) is 48.0. The summed E-state index contributed by atoms with van der Waals surface area (Å²) < 4.78 is 11.2. The number of aliphatic hydroxyl groups excluding tert-OH is 5. The van der Waals surface area contributed by atoms with E-state index in [9.17, 15) is 30.3 Å². The van der Waals surface area contributed by atoms with Gasteiger partial charge in [0, 0.05) is 6.42 Å². The third-order valence-corrected chi connectivity index (χ3v) is 13.4. The molecule has 1 fully saturated rings. The third-order valence-electron chi connectivity index (χ3n) is 13.4. The zero-order valence-corrected chi connectivity index (χ0v) is 43.0. The quantitative estimate of drug-likeness (QED) is 0.0261. The van der Waals surface area contributed by atoms with Crippen molar-refractivity contribution in [1.29, 1.82) is 0 Å². The van der Waals surface area contributed by atoms with Crippen molar-refractivity contribution in [3.63, 3.8) is 0 Å². The molecule has 1 saturated heterocycles. The summed E-state index contributed by atoms with van der Waals surface area (Å²) in [6.07, 6.45) is 53.7. The van der Waals surface area contributed by atoms with E-state index in [0.29, 0.717) is 6.42 Å². The fourth-order valence-corrected chi connectivity index (χ4v) is 8.96. The Hall–Kier alpha value is -1.59. The molecule has 1 rings (SSSR count). The minimum absolute atomic E-state index is 0.189. The molecule has 0 aliphatic carbocycles. The number of amides is 1. The molecule has 9 heteroatoms. The Morgan fingerprint density at radius 1 is 0.500 bits per heavy atom. The van der Waals surface area contributed by atoms with Crippen molar-refractivity contribution >= 4 is 5.91 Å². The number of ether oxygens (including phenoxy) is 2. The summed E-state index contributed by atoms with van der Waals surface area (Å²) in [6, 6.07) is -0.825. The van der Waals surface area contributed by atoms with Crippen molar-refractivity contribution in [2.75, 3.05) is 13.2 Å². The second kappa shape index (κ2) is 47.1. The zero-order valence-electron chi connectivity index (χ0n) is 43.0. The molecule has 1 heterocycles. The molecule has 0 spiro atoms. The average molecular weight is 934 g/mol. The molecule has 0 aromatic carbocycles. The van der Waals surface area contributed by atoms with Gasteiger partial charge in [0.15, 0.2) is 6.29 Å². The molecule has 0 saturated carbocycles. The minimum atomic E-state index is -1.57. The van der Waals surface area contributed by atoms with Gasteiger partial charge in [0.1, 0.15) is 24.4 Å². The molecular formula is C57H107NO8. The number of carbonyl (C=O) groups is 1. The largest absolute Gasteiger partial charge is 0.394 e. The van der Waals surface area contributed by atoms with Gasteiger partial charge in [0.2, 0.25) is 5.91 Å². The number of hydrogen-bond acceptors (Lipinski definition) is 8. The second-order valence-electron chi connectivity index (χ2n) is 19.7. The van der Waals surface area contributed by atoms with Crippen molar-refractivity contribution in [2.24, 2.45) is 0 Å². The molecule has 66 heavy (non-hydrogen) atoms. The predicted octanol–water partition coefficient (Wildman–Crippen LogP) is 13.6. The topological polar surface area (TPSA) is 149 Å². The minimum Gasteiger partial charge on any atom is -0.394 e. The van der Waals surface area contributed by atoms with E-state index in [1.165, 1.54) is 199 Å². The first-order chi connectivity index (χ1) is 32.3. The molecule has 9 nitrogen and oxygen atoms in total. The molecule has 1 amide bonds. The van der Waals surface area contributed by atoms with Crippen molar-refractivity contribution in [3.05, 3.63) is 36.5 Å². The number of hydrogen-bond donors (Lipinski definition) is 6. The summed E-state index contributed by atoms with van der Waals surface area (Å²) in [7, 11) is 0.